The summed E-state index contributed by atoms with van der Waals surface area (Å²) < 4.78 is 5.22. The van der Waals surface area contributed by atoms with Crippen LogP contribution in [0.2, 0.25) is 0 Å². The van der Waals surface area contributed by atoms with Crippen molar-refractivity contribution in [3.8, 4) is 17.1 Å². The molecule has 6 nitrogen and oxygen atoms in total. The van der Waals surface area contributed by atoms with E-state index in [1.165, 1.54) is 0 Å². The van der Waals surface area contributed by atoms with Crippen LogP contribution >= 0.6 is 0 Å². The lowest BCUT2D eigenvalue weighted by molar-refractivity contribution is -0.116. The molecule has 3 rings (SSSR count). The van der Waals surface area contributed by atoms with E-state index in [9.17, 15) is 9.90 Å². The van der Waals surface area contributed by atoms with Crippen molar-refractivity contribution in [1.82, 2.24) is 10.1 Å². The second kappa shape index (κ2) is 7.61. The first-order valence-electron chi connectivity index (χ1n) is 8.09. The number of amides is 1. The maximum absolute atomic E-state index is 12.0. The van der Waals surface area contributed by atoms with Crippen LogP contribution < -0.4 is 5.32 Å². The number of aromatic nitrogens is 2. The molecule has 0 radical (unpaired) electrons. The summed E-state index contributed by atoms with van der Waals surface area (Å²) in [4.78, 5) is 16.3. The maximum atomic E-state index is 12.0. The number of hydrogen-bond donors (Lipinski definition) is 2. The van der Waals surface area contributed by atoms with Gasteiger partial charge in [0, 0.05) is 18.4 Å². The molecule has 2 N–H and O–H groups in total. The third-order valence-corrected chi connectivity index (χ3v) is 3.72. The summed E-state index contributed by atoms with van der Waals surface area (Å²) in [5, 5.41) is 16.5. The number of aromatic hydroxyl groups is 1. The van der Waals surface area contributed by atoms with Crippen molar-refractivity contribution < 1.29 is 14.4 Å². The molecular weight excluding hydrogens is 318 g/mol. The van der Waals surface area contributed by atoms with Crippen molar-refractivity contribution >= 4 is 11.6 Å². The lowest BCUT2D eigenvalue weighted by Crippen LogP contribution is -2.11. The number of benzene rings is 2. The number of nitrogens with one attached hydrogen (secondary N) is 1. The molecule has 1 amide bonds. The van der Waals surface area contributed by atoms with Crippen LogP contribution in [-0.4, -0.2) is 21.2 Å². The molecule has 0 aliphatic carbocycles. The van der Waals surface area contributed by atoms with E-state index in [1.54, 1.807) is 12.1 Å². The van der Waals surface area contributed by atoms with Gasteiger partial charge in [-0.15, -0.1) is 0 Å². The van der Waals surface area contributed by atoms with Gasteiger partial charge >= 0.3 is 0 Å². The molecule has 6 heteroatoms. The van der Waals surface area contributed by atoms with Crippen molar-refractivity contribution in [3.63, 3.8) is 0 Å². The van der Waals surface area contributed by atoms with Crippen molar-refractivity contribution in [2.24, 2.45) is 0 Å². The molecule has 0 aliphatic rings. The van der Waals surface area contributed by atoms with Crippen molar-refractivity contribution in [2.45, 2.75) is 26.2 Å². The summed E-state index contributed by atoms with van der Waals surface area (Å²) in [6.07, 6.45) is 1.40. The Morgan fingerprint density at radius 2 is 2.00 bits per heavy atom. The summed E-state index contributed by atoms with van der Waals surface area (Å²) in [5.74, 6) is 0.953. The lowest BCUT2D eigenvalue weighted by atomic mass is 10.2. The summed E-state index contributed by atoms with van der Waals surface area (Å²) in [5.41, 5.74) is 2.24. The third-order valence-electron chi connectivity index (χ3n) is 3.72. The van der Waals surface area contributed by atoms with Gasteiger partial charge in [0.2, 0.25) is 17.6 Å². The molecule has 2 aromatic carbocycles. The second-order valence-corrected chi connectivity index (χ2v) is 5.80. The highest BCUT2D eigenvalue weighted by Crippen LogP contribution is 2.24. The number of carbonyl (C=O) groups excluding carboxylic acids is 1. The Balaban J connectivity index is 1.49. The molecule has 1 aromatic heterocycles. The van der Waals surface area contributed by atoms with E-state index >= 15 is 0 Å². The van der Waals surface area contributed by atoms with Crippen LogP contribution in [0.25, 0.3) is 11.4 Å². The number of carbonyl (C=O) groups is 1. The number of nitrogens with zero attached hydrogens (tertiary/aromatic N) is 2. The van der Waals surface area contributed by atoms with Gasteiger partial charge in [0.15, 0.2) is 0 Å². The van der Waals surface area contributed by atoms with Gasteiger partial charge < -0.3 is 14.9 Å². The number of anilines is 1. The van der Waals surface area contributed by atoms with E-state index in [4.69, 9.17) is 4.52 Å². The smallest absolute Gasteiger partial charge is 0.226 e. The van der Waals surface area contributed by atoms with Gasteiger partial charge in [0.25, 0.3) is 0 Å². The largest absolute Gasteiger partial charge is 0.506 e. The van der Waals surface area contributed by atoms with Gasteiger partial charge in [-0.3, -0.25) is 4.79 Å². The lowest BCUT2D eigenvalue weighted by Gasteiger charge is -2.07. The van der Waals surface area contributed by atoms with Crippen LogP contribution in [-0.2, 0) is 11.2 Å². The fraction of sp³-hybridized carbons (Fsp3) is 0.211. The highest BCUT2D eigenvalue weighted by molar-refractivity contribution is 5.92. The molecule has 128 valence electrons. The van der Waals surface area contributed by atoms with E-state index in [0.717, 1.165) is 11.1 Å². The number of aryl methyl sites for hydroxylation is 2. The first-order valence-corrected chi connectivity index (χ1v) is 8.09. The van der Waals surface area contributed by atoms with Crippen LogP contribution in [0, 0.1) is 6.92 Å². The second-order valence-electron chi connectivity index (χ2n) is 5.80. The van der Waals surface area contributed by atoms with E-state index < -0.39 is 0 Å². The van der Waals surface area contributed by atoms with Crippen LogP contribution in [0.15, 0.2) is 53.1 Å². The minimum Gasteiger partial charge on any atom is -0.506 e. The van der Waals surface area contributed by atoms with Crippen molar-refractivity contribution in [2.75, 3.05) is 5.32 Å². The minimum absolute atomic E-state index is 0.0674. The SMILES string of the molecule is Cc1ccc(NC(=O)CCCc2nc(-c3ccccc3)no2)c(O)c1. The topological polar surface area (TPSA) is 88.3 Å². The van der Waals surface area contributed by atoms with Gasteiger partial charge in [0.1, 0.15) is 5.75 Å². The molecule has 3 aromatic rings. The molecule has 0 saturated heterocycles. The Morgan fingerprint density at radius 3 is 2.76 bits per heavy atom. The minimum atomic E-state index is -0.165. The Morgan fingerprint density at radius 1 is 1.20 bits per heavy atom. The van der Waals surface area contributed by atoms with Crippen LogP contribution in [0.3, 0.4) is 0 Å². The van der Waals surface area contributed by atoms with Gasteiger partial charge in [0.05, 0.1) is 5.69 Å². The Bertz CT molecular complexity index is 859. The standard InChI is InChI=1S/C19H19N3O3/c1-13-10-11-15(16(23)12-13)20-17(24)8-5-9-18-21-19(22-25-18)14-6-3-2-4-7-14/h2-4,6-7,10-12,23H,5,8-9H2,1H3,(H,20,24). The number of phenolic OH excluding ortho intramolecular Hbond substituents is 1. The van der Waals surface area contributed by atoms with Crippen LogP contribution in [0.4, 0.5) is 5.69 Å². The molecule has 0 fully saturated rings. The molecule has 0 spiro atoms. The first-order chi connectivity index (χ1) is 12.1. The number of phenols is 1. The van der Waals surface area contributed by atoms with Gasteiger partial charge in [-0.05, 0) is 31.0 Å². The van der Waals surface area contributed by atoms with Crippen molar-refractivity contribution in [3.05, 3.63) is 60.0 Å². The molecule has 0 unspecified atom stereocenters. The molecule has 25 heavy (non-hydrogen) atoms. The van der Waals surface area contributed by atoms with Gasteiger partial charge in [-0.25, -0.2) is 0 Å². The van der Waals surface area contributed by atoms with Gasteiger partial charge in [-0.1, -0.05) is 41.6 Å². The quantitative estimate of drug-likeness (QED) is 0.669. The van der Waals surface area contributed by atoms with Crippen LogP contribution in [0.1, 0.15) is 24.3 Å². The Labute approximate surface area is 145 Å². The molecular formula is C19H19N3O3. The average molecular weight is 337 g/mol. The summed E-state index contributed by atoms with van der Waals surface area (Å²) in [6.45, 7) is 1.87. The zero-order chi connectivity index (χ0) is 17.6. The molecule has 0 saturated carbocycles. The summed E-state index contributed by atoms with van der Waals surface area (Å²) in [6, 6.07) is 14.7. The third kappa shape index (κ3) is 4.44. The monoisotopic (exact) mass is 337 g/mol. The van der Waals surface area contributed by atoms with E-state index in [-0.39, 0.29) is 11.7 Å². The first kappa shape index (κ1) is 16.7. The normalized spacial score (nSPS) is 10.6. The van der Waals surface area contributed by atoms with Gasteiger partial charge in [-0.2, -0.15) is 4.98 Å². The number of hydrogen-bond acceptors (Lipinski definition) is 5. The highest BCUT2D eigenvalue weighted by Gasteiger charge is 2.10. The highest BCUT2D eigenvalue weighted by atomic mass is 16.5. The van der Waals surface area contributed by atoms with E-state index in [2.05, 4.69) is 15.5 Å². The van der Waals surface area contributed by atoms with E-state index in [1.807, 2.05) is 43.3 Å². The Hall–Kier alpha value is -3.15. The summed E-state index contributed by atoms with van der Waals surface area (Å²) in [7, 11) is 0. The summed E-state index contributed by atoms with van der Waals surface area (Å²) >= 11 is 0. The fourth-order valence-electron chi connectivity index (χ4n) is 2.42. The molecule has 0 bridgehead atoms. The fourth-order valence-corrected chi connectivity index (χ4v) is 2.42. The van der Waals surface area contributed by atoms with Crippen molar-refractivity contribution in [1.29, 1.82) is 0 Å². The average Bonchev–Trinajstić information content (AvgIpc) is 3.07. The number of rotatable bonds is 6. The predicted octanol–water partition coefficient (Wildman–Crippen LogP) is 3.71. The zero-order valence-electron chi connectivity index (χ0n) is 13.9. The predicted molar refractivity (Wildman–Crippen MR) is 94.1 cm³/mol. The molecule has 0 atom stereocenters. The Kier molecular flexibility index (Phi) is 5.09. The maximum Gasteiger partial charge on any atom is 0.226 e. The molecule has 0 aliphatic heterocycles. The zero-order valence-corrected chi connectivity index (χ0v) is 13.9. The van der Waals surface area contributed by atoms with Crippen LogP contribution in [0.5, 0.6) is 5.75 Å². The van der Waals surface area contributed by atoms with E-state index in [0.29, 0.717) is 36.7 Å². The molecule has 1 heterocycles.